The number of para-hydroxylation sites is 4. The molecule has 2 saturated heterocycles. The molecule has 4 aromatic heterocycles. The number of fused-ring (bicyclic) bond motifs is 6. The van der Waals surface area contributed by atoms with E-state index in [0.29, 0.717) is 45.5 Å². The second-order valence-electron chi connectivity index (χ2n) is 24.7. The van der Waals surface area contributed by atoms with Gasteiger partial charge in [-0.3, -0.25) is 9.80 Å². The Morgan fingerprint density at radius 2 is 0.924 bits per heavy atom. The number of sulfonamides is 1. The van der Waals surface area contributed by atoms with Crippen LogP contribution in [0.15, 0.2) is 163 Å². The van der Waals surface area contributed by atoms with E-state index < -0.39 is 33.2 Å². The van der Waals surface area contributed by atoms with Gasteiger partial charge in [-0.15, -0.1) is 0 Å². The minimum atomic E-state index is -3.50. The first kappa shape index (κ1) is 67.8. The molecule has 0 radical (unpaired) electrons. The van der Waals surface area contributed by atoms with Crippen LogP contribution in [0.25, 0.3) is 55.7 Å². The number of hydrogen-bond acceptors (Lipinski definition) is 15. The molecule has 92 heavy (non-hydrogen) atoms. The molecule has 4 aliphatic carbocycles. The summed E-state index contributed by atoms with van der Waals surface area (Å²) in [6.07, 6.45) is 21.5. The zero-order chi connectivity index (χ0) is 62.5. The standard InChI is InChI=1S/C37H39ClN6O2S.C30H33ClN6.2CH4.2O2S/c1-27-12-14-29(15-13-27)47(45,46)43-22-20-42(21-23-43)37-17-7-16-36(26-37,18-19-37)41-35-39-24-32(38)34(40-35)31-25-44(28-8-3-2-4-9-28)33-11-6-5-10-30(31)33;31-25-19-33-28(35-29-11-6-12-30(21-29,14-13-29)36-17-15-32-16-18-36)34-27(25)24-20-37(22-7-2-1-3-8-22)26-10-5-4-9-23(24)26;;;2*1-3-2/h2-6,8-15,24-25H,7,16-23,26H2,1H3,(H,39,40,41);1-5,7-10,19-20,32H,6,11-18,21H2,(H,33,34,35);2*1H4;;. The third-order valence-corrected chi connectivity index (χ3v) is 22.1. The summed E-state index contributed by atoms with van der Waals surface area (Å²) in [5.41, 5.74) is 9.32. The molecule has 4 bridgehead atoms. The Morgan fingerprint density at radius 1 is 0.511 bits per heavy atom. The minimum absolute atomic E-state index is 0. The highest BCUT2D eigenvalue weighted by molar-refractivity contribution is 7.89. The van der Waals surface area contributed by atoms with Crippen LogP contribution in [0, 0.1) is 6.92 Å². The molecule has 4 saturated carbocycles. The quantitative estimate of drug-likeness (QED) is 0.104. The molecule has 6 aliphatic rings. The fourth-order valence-corrected chi connectivity index (χ4v) is 17.4. The van der Waals surface area contributed by atoms with Gasteiger partial charge in [-0.1, -0.05) is 129 Å². The van der Waals surface area contributed by atoms with E-state index in [9.17, 15) is 8.42 Å². The third kappa shape index (κ3) is 13.8. The Bertz CT molecular complexity index is 4210. The van der Waals surface area contributed by atoms with E-state index >= 15 is 0 Å². The molecule has 5 aromatic carbocycles. The predicted octanol–water partition coefficient (Wildman–Crippen LogP) is 13.1. The van der Waals surface area contributed by atoms with Crippen LogP contribution in [0.4, 0.5) is 11.9 Å². The number of rotatable bonds is 12. The summed E-state index contributed by atoms with van der Waals surface area (Å²) in [5.74, 6) is 1.29. The van der Waals surface area contributed by atoms with Gasteiger partial charge in [0.25, 0.3) is 0 Å². The maximum atomic E-state index is 13.4. The van der Waals surface area contributed by atoms with Crippen molar-refractivity contribution in [3.63, 3.8) is 0 Å². The van der Waals surface area contributed by atoms with Crippen molar-refractivity contribution < 1.29 is 25.3 Å². The average Bonchev–Trinajstić information content (AvgIpc) is 1.59. The van der Waals surface area contributed by atoms with Gasteiger partial charge in [0.1, 0.15) is 0 Å². The first-order valence-corrected chi connectivity index (χ1v) is 34.3. The Kier molecular flexibility index (Phi) is 21.4. The predicted molar refractivity (Wildman–Crippen MR) is 369 cm³/mol. The van der Waals surface area contributed by atoms with Crippen LogP contribution >= 0.6 is 23.2 Å². The lowest BCUT2D eigenvalue weighted by molar-refractivity contribution is 0.0341. The van der Waals surface area contributed by atoms with Gasteiger partial charge >= 0.3 is 23.1 Å². The number of nitrogens with one attached hydrogen (secondary N) is 3. The SMILES string of the molecule is C.C.Cc1ccc(S(=O)(=O)N2CCN(C34CCCC(Nc5ncc(Cl)c(-c6cn(-c7ccccc7)c7ccccc67)n5)(CC3)C4)CC2)cc1.Clc1cnc(NC23CCCC(N4CCNCC4)(CC2)C3)nc1-c1cn(-c2ccccc2)c2ccccc12.O=S=O.O=S=O. The van der Waals surface area contributed by atoms with Crippen molar-refractivity contribution >= 4 is 90.1 Å². The van der Waals surface area contributed by atoms with Gasteiger partial charge in [-0.25, -0.2) is 28.4 Å². The van der Waals surface area contributed by atoms with Crippen molar-refractivity contribution in [3.05, 3.63) is 174 Å². The van der Waals surface area contributed by atoms with Gasteiger partial charge in [-0.2, -0.15) is 21.1 Å². The van der Waals surface area contributed by atoms with E-state index in [-0.39, 0.29) is 31.5 Å². The normalized spacial score (nSPS) is 22.8. The molecule has 484 valence electrons. The number of piperazine rings is 2. The lowest BCUT2D eigenvalue weighted by Crippen LogP contribution is -2.59. The van der Waals surface area contributed by atoms with Crippen molar-refractivity contribution in [2.24, 2.45) is 0 Å². The van der Waals surface area contributed by atoms with Crippen molar-refractivity contribution in [2.45, 2.75) is 126 Å². The Hall–Kier alpha value is -7.05. The average molecular weight is 1340 g/mol. The Balaban J connectivity index is 0.000000186. The van der Waals surface area contributed by atoms with E-state index in [0.717, 1.165) is 139 Å². The van der Waals surface area contributed by atoms with Gasteiger partial charge in [0, 0.05) is 120 Å². The van der Waals surface area contributed by atoms with Crippen LogP contribution in [0.2, 0.25) is 10.0 Å². The monoisotopic (exact) mass is 1340 g/mol. The number of benzene rings is 5. The van der Waals surface area contributed by atoms with E-state index in [1.807, 2.05) is 49.4 Å². The summed E-state index contributed by atoms with van der Waals surface area (Å²) < 4.78 is 66.0. The van der Waals surface area contributed by atoms with Crippen LogP contribution in [-0.4, -0.2) is 143 Å². The number of anilines is 2. The Labute approximate surface area is 556 Å². The van der Waals surface area contributed by atoms with Crippen molar-refractivity contribution in [2.75, 3.05) is 63.0 Å². The smallest absolute Gasteiger partial charge is 0.335 e. The lowest BCUT2D eigenvalue weighted by Gasteiger charge is -2.49. The summed E-state index contributed by atoms with van der Waals surface area (Å²) in [7, 11) is -3.50. The molecular weight excluding hydrogens is 1260 g/mol. The van der Waals surface area contributed by atoms with Gasteiger partial charge in [0.2, 0.25) is 21.9 Å². The molecule has 3 N–H and O–H groups in total. The summed E-state index contributed by atoms with van der Waals surface area (Å²) in [4.78, 5) is 25.2. The fourth-order valence-electron chi connectivity index (χ4n) is 15.6. The van der Waals surface area contributed by atoms with E-state index in [1.54, 1.807) is 28.8 Å². The molecular formula is C69H80Cl2N12O6S3. The highest BCUT2D eigenvalue weighted by atomic mass is 35.5. The molecule has 4 unspecified atom stereocenters. The number of halogens is 2. The molecule has 4 atom stereocenters. The van der Waals surface area contributed by atoms with Gasteiger partial charge in [0.05, 0.1) is 49.8 Å². The van der Waals surface area contributed by atoms with Crippen LogP contribution in [0.5, 0.6) is 0 Å². The van der Waals surface area contributed by atoms with Gasteiger partial charge < -0.3 is 25.1 Å². The Morgan fingerprint density at radius 3 is 1.37 bits per heavy atom. The topological polar surface area (TPSA) is 210 Å². The molecule has 6 heterocycles. The highest BCUT2D eigenvalue weighted by Gasteiger charge is 2.56. The molecule has 0 amide bonds. The van der Waals surface area contributed by atoms with Crippen molar-refractivity contribution in [1.82, 2.24) is 48.5 Å². The van der Waals surface area contributed by atoms with Gasteiger partial charge in [-0.05, 0) is 133 Å². The molecule has 23 heteroatoms. The van der Waals surface area contributed by atoms with Crippen LogP contribution in [0.3, 0.4) is 0 Å². The lowest BCUT2D eigenvalue weighted by atomic mass is 9.77. The molecule has 0 spiro atoms. The second kappa shape index (κ2) is 29.1. The maximum Gasteiger partial charge on any atom is 0.335 e. The van der Waals surface area contributed by atoms with Gasteiger partial charge in [0.15, 0.2) is 0 Å². The number of aromatic nitrogens is 6. The van der Waals surface area contributed by atoms with Crippen molar-refractivity contribution in [1.29, 1.82) is 0 Å². The zero-order valence-electron chi connectivity index (χ0n) is 50.1. The molecule has 9 aromatic rings. The number of aryl methyl sites for hydroxylation is 1. The molecule has 18 nitrogen and oxygen atoms in total. The minimum Gasteiger partial charge on any atom is -0.349 e. The maximum absolute atomic E-state index is 13.4. The van der Waals surface area contributed by atoms with Crippen LogP contribution < -0.4 is 16.0 Å². The summed E-state index contributed by atoms with van der Waals surface area (Å²) >= 11 is 12.1. The zero-order valence-corrected chi connectivity index (χ0v) is 54.1. The largest absolute Gasteiger partial charge is 0.349 e. The second-order valence-corrected chi connectivity index (χ2v) is 27.7. The summed E-state index contributed by atoms with van der Waals surface area (Å²) in [6, 6.07) is 44.7. The van der Waals surface area contributed by atoms with E-state index in [1.165, 1.54) is 38.5 Å². The number of nitrogens with zero attached hydrogens (tertiary/aromatic N) is 9. The van der Waals surface area contributed by atoms with E-state index in [4.69, 9.17) is 50.0 Å². The molecule has 15 rings (SSSR count). The van der Waals surface area contributed by atoms with Crippen LogP contribution in [-0.2, 0) is 33.2 Å². The highest BCUT2D eigenvalue weighted by Crippen LogP contribution is 2.54. The summed E-state index contributed by atoms with van der Waals surface area (Å²) in [6.45, 7) is 9.00. The fraction of sp³-hybridized carbons (Fsp3) is 0.391. The van der Waals surface area contributed by atoms with Crippen LogP contribution in [0.1, 0.15) is 97.5 Å². The summed E-state index contributed by atoms with van der Waals surface area (Å²) in [5, 5.41) is 14.5. The molecule has 6 fully saturated rings. The third-order valence-electron chi connectivity index (χ3n) is 19.7. The molecule has 2 aliphatic heterocycles. The first-order chi connectivity index (χ1) is 43.7. The number of hydrogen-bond donors (Lipinski definition) is 3. The van der Waals surface area contributed by atoms with E-state index in [2.05, 4.69) is 136 Å². The van der Waals surface area contributed by atoms with Crippen molar-refractivity contribution in [3.8, 4) is 33.9 Å². The first-order valence-electron chi connectivity index (χ1n) is 30.8.